The molecule has 1 N–H and O–H groups in total. The molecule has 4 rings (SSSR count). The molecule has 0 aliphatic heterocycles. The van der Waals surface area contributed by atoms with Crippen LogP contribution in [0.4, 0.5) is 5.69 Å². The number of carbonyl (C=O) groups is 1. The Morgan fingerprint density at radius 1 is 1.10 bits per heavy atom. The fourth-order valence-corrected chi connectivity index (χ4v) is 3.91. The van der Waals surface area contributed by atoms with Gasteiger partial charge in [-0.2, -0.15) is 0 Å². The van der Waals surface area contributed by atoms with Crippen LogP contribution in [0.3, 0.4) is 0 Å². The van der Waals surface area contributed by atoms with Crippen LogP contribution in [-0.4, -0.2) is 16.1 Å². The van der Waals surface area contributed by atoms with Gasteiger partial charge in [-0.15, -0.1) is 10.2 Å². The Morgan fingerprint density at radius 2 is 1.90 bits per heavy atom. The lowest BCUT2D eigenvalue weighted by Crippen LogP contribution is -2.19. The Balaban J connectivity index is 1.59. The van der Waals surface area contributed by atoms with E-state index in [2.05, 4.69) is 15.5 Å². The Kier molecular flexibility index (Phi) is 5.92. The van der Waals surface area contributed by atoms with E-state index in [-0.39, 0.29) is 11.1 Å². The summed E-state index contributed by atoms with van der Waals surface area (Å²) in [6.45, 7) is 3.73. The number of aromatic nitrogens is 2. The van der Waals surface area contributed by atoms with Gasteiger partial charge >= 0.3 is 0 Å². The van der Waals surface area contributed by atoms with Crippen molar-refractivity contribution in [1.29, 1.82) is 0 Å². The highest BCUT2D eigenvalue weighted by Gasteiger charge is 2.25. The number of amides is 1. The largest absolute Gasteiger partial charge is 0.469 e. The maximum atomic E-state index is 13.1. The lowest BCUT2D eigenvalue weighted by molar-refractivity contribution is -0.115. The molecule has 2 aromatic carbocycles. The van der Waals surface area contributed by atoms with E-state index in [1.54, 1.807) is 18.4 Å². The number of halogens is 1. The average Bonchev–Trinajstić information content (AvgIpc) is 3.38. The highest BCUT2D eigenvalue weighted by Crippen LogP contribution is 2.37. The van der Waals surface area contributed by atoms with Crippen molar-refractivity contribution in [1.82, 2.24) is 10.2 Å². The molecule has 4 aromatic rings. The molecule has 0 aliphatic carbocycles. The van der Waals surface area contributed by atoms with Crippen LogP contribution in [0.15, 0.2) is 74.9 Å². The topological polar surface area (TPSA) is 81.2 Å². The van der Waals surface area contributed by atoms with Crippen LogP contribution in [0.2, 0.25) is 5.02 Å². The van der Waals surface area contributed by atoms with Gasteiger partial charge in [-0.1, -0.05) is 48.0 Å². The minimum atomic E-state index is -0.593. The Morgan fingerprint density at radius 3 is 2.60 bits per heavy atom. The number of nitrogens with one attached hydrogen (secondary N) is 1. The van der Waals surface area contributed by atoms with Crippen LogP contribution >= 0.6 is 23.4 Å². The van der Waals surface area contributed by atoms with Gasteiger partial charge in [0.05, 0.1) is 11.8 Å². The zero-order valence-electron chi connectivity index (χ0n) is 16.3. The summed E-state index contributed by atoms with van der Waals surface area (Å²) < 4.78 is 11.1. The lowest BCUT2D eigenvalue weighted by Gasteiger charge is -2.15. The van der Waals surface area contributed by atoms with Crippen molar-refractivity contribution in [3.8, 4) is 11.5 Å². The van der Waals surface area contributed by atoms with Gasteiger partial charge in [0.2, 0.25) is 5.91 Å². The maximum Gasteiger partial charge on any atom is 0.277 e. The minimum absolute atomic E-state index is 0.217. The fourth-order valence-electron chi connectivity index (χ4n) is 2.85. The summed E-state index contributed by atoms with van der Waals surface area (Å²) in [5, 5.41) is 11.4. The molecule has 0 radical (unpaired) electrons. The van der Waals surface area contributed by atoms with Crippen molar-refractivity contribution in [2.45, 2.75) is 24.3 Å². The summed E-state index contributed by atoms with van der Waals surface area (Å²) in [5.74, 6) is 0.815. The number of nitrogens with zero attached hydrogens (tertiary/aromatic N) is 2. The van der Waals surface area contributed by atoms with Crippen molar-refractivity contribution in [2.24, 2.45) is 0 Å². The van der Waals surface area contributed by atoms with Crippen molar-refractivity contribution in [3.63, 3.8) is 0 Å². The van der Waals surface area contributed by atoms with Crippen molar-refractivity contribution < 1.29 is 13.6 Å². The van der Waals surface area contributed by atoms with Crippen LogP contribution in [0.25, 0.3) is 11.5 Å². The zero-order chi connectivity index (χ0) is 21.1. The number of hydrogen-bond acceptors (Lipinski definition) is 6. The number of benzene rings is 2. The predicted octanol–water partition coefficient (Wildman–Crippen LogP) is 6.07. The number of thioether (sulfide) groups is 1. The van der Waals surface area contributed by atoms with E-state index >= 15 is 0 Å². The molecule has 2 aromatic heterocycles. The first-order valence-corrected chi connectivity index (χ1v) is 10.4. The first-order valence-electron chi connectivity index (χ1n) is 9.18. The quantitative estimate of drug-likeness (QED) is 0.367. The van der Waals surface area contributed by atoms with Gasteiger partial charge < -0.3 is 14.2 Å². The van der Waals surface area contributed by atoms with E-state index < -0.39 is 5.25 Å². The van der Waals surface area contributed by atoms with Gasteiger partial charge in [0, 0.05) is 10.7 Å². The normalized spacial score (nSPS) is 12.0. The second kappa shape index (κ2) is 8.77. The highest BCUT2D eigenvalue weighted by molar-refractivity contribution is 8.00. The van der Waals surface area contributed by atoms with Gasteiger partial charge in [0.1, 0.15) is 11.0 Å². The maximum absolute atomic E-state index is 13.1. The molecule has 6 nitrogen and oxygen atoms in total. The van der Waals surface area contributed by atoms with Gasteiger partial charge in [-0.3, -0.25) is 4.79 Å². The average molecular weight is 440 g/mol. The third-order valence-corrected chi connectivity index (χ3v) is 5.99. The molecule has 1 unspecified atom stereocenters. The zero-order valence-corrected chi connectivity index (χ0v) is 17.8. The first kappa shape index (κ1) is 20.3. The number of aryl methyl sites for hydroxylation is 2. The molecule has 2 heterocycles. The van der Waals surface area contributed by atoms with Gasteiger partial charge in [0.15, 0.2) is 0 Å². The van der Waals surface area contributed by atoms with Crippen LogP contribution in [0.5, 0.6) is 0 Å². The third kappa shape index (κ3) is 4.42. The van der Waals surface area contributed by atoms with Crippen LogP contribution in [0, 0.1) is 13.8 Å². The van der Waals surface area contributed by atoms with Crippen molar-refractivity contribution in [3.05, 3.63) is 82.8 Å². The molecule has 0 spiro atoms. The molecule has 1 amide bonds. The monoisotopic (exact) mass is 439 g/mol. The summed E-state index contributed by atoms with van der Waals surface area (Å²) in [5.41, 5.74) is 3.11. The van der Waals surface area contributed by atoms with Crippen LogP contribution < -0.4 is 5.32 Å². The van der Waals surface area contributed by atoms with Crippen LogP contribution in [-0.2, 0) is 4.79 Å². The second-order valence-corrected chi connectivity index (χ2v) is 8.09. The molecule has 0 saturated carbocycles. The van der Waals surface area contributed by atoms with Gasteiger partial charge in [0.25, 0.3) is 11.1 Å². The summed E-state index contributed by atoms with van der Waals surface area (Å²) in [6.07, 6.45) is 1.56. The number of hydrogen-bond donors (Lipinski definition) is 1. The Hall–Kier alpha value is -3.03. The molecule has 0 saturated heterocycles. The fraction of sp³-hybridized carbons (Fsp3) is 0.136. The van der Waals surface area contributed by atoms with Crippen molar-refractivity contribution in [2.75, 3.05) is 5.32 Å². The second-order valence-electron chi connectivity index (χ2n) is 6.63. The minimum Gasteiger partial charge on any atom is -0.469 e. The number of rotatable bonds is 6. The van der Waals surface area contributed by atoms with E-state index in [1.807, 2.05) is 56.3 Å². The molecule has 0 aliphatic rings. The summed E-state index contributed by atoms with van der Waals surface area (Å²) in [4.78, 5) is 13.1. The van der Waals surface area contributed by atoms with E-state index in [9.17, 15) is 4.79 Å². The van der Waals surface area contributed by atoms with Crippen LogP contribution in [0.1, 0.15) is 22.1 Å². The summed E-state index contributed by atoms with van der Waals surface area (Å²) in [6, 6.07) is 16.6. The summed E-state index contributed by atoms with van der Waals surface area (Å²) in [7, 11) is 0. The van der Waals surface area contributed by atoms with E-state index in [0.29, 0.717) is 22.4 Å². The smallest absolute Gasteiger partial charge is 0.277 e. The van der Waals surface area contributed by atoms with E-state index in [1.165, 1.54) is 11.8 Å². The molecule has 1 atom stereocenters. The van der Waals surface area contributed by atoms with E-state index in [0.717, 1.165) is 16.7 Å². The molecular formula is C22H18ClN3O3S. The molecular weight excluding hydrogens is 422 g/mol. The van der Waals surface area contributed by atoms with Gasteiger partial charge in [-0.25, -0.2) is 0 Å². The molecule has 0 fully saturated rings. The Bertz CT molecular complexity index is 1170. The third-order valence-electron chi connectivity index (χ3n) is 4.49. The number of carbonyl (C=O) groups excluding carboxylic acids is 1. The molecule has 30 heavy (non-hydrogen) atoms. The molecule has 0 bridgehead atoms. The lowest BCUT2D eigenvalue weighted by atomic mass is 10.1. The van der Waals surface area contributed by atoms with E-state index in [4.69, 9.17) is 20.4 Å². The van der Waals surface area contributed by atoms with Gasteiger partial charge in [-0.05, 0) is 54.9 Å². The SMILES string of the molecule is Cc1ccc(NC(=O)C(Sc2nnc(-c3ccoc3C)o2)c2ccccc2)cc1Cl. The molecule has 8 heteroatoms. The highest BCUT2D eigenvalue weighted by atomic mass is 35.5. The predicted molar refractivity (Wildman–Crippen MR) is 117 cm³/mol. The molecule has 152 valence electrons. The van der Waals surface area contributed by atoms with Crippen molar-refractivity contribution >= 4 is 35.0 Å². The number of furan rings is 1. The Labute approximate surface area is 182 Å². The summed E-state index contributed by atoms with van der Waals surface area (Å²) >= 11 is 7.38. The number of anilines is 1. The first-order chi connectivity index (χ1) is 14.5. The standard InChI is InChI=1S/C22H18ClN3O3S/c1-13-8-9-16(12-18(13)23)24-20(27)19(15-6-4-3-5-7-15)30-22-26-25-21(29-22)17-10-11-28-14(17)2/h3-12,19H,1-2H3,(H,24,27).